The zero-order chi connectivity index (χ0) is 35.8. The van der Waals surface area contributed by atoms with E-state index in [-0.39, 0.29) is 22.5 Å². The third-order valence-electron chi connectivity index (χ3n) is 11.4. The molecule has 0 atom stereocenters. The van der Waals surface area contributed by atoms with Gasteiger partial charge in [0.05, 0.1) is 18.1 Å². The number of hydrogen-bond donors (Lipinski definition) is 0. The van der Waals surface area contributed by atoms with Crippen molar-refractivity contribution in [3.05, 3.63) is 159 Å². The lowest BCUT2D eigenvalue weighted by molar-refractivity contribution is -0.224. The van der Waals surface area contributed by atoms with Gasteiger partial charge in [0.1, 0.15) is 0 Å². The fraction of sp³-hybridized carbons (Fsp3) is 0.250. The number of rotatable bonds is 6. The van der Waals surface area contributed by atoms with Gasteiger partial charge in [0.2, 0.25) is 0 Å². The van der Waals surface area contributed by atoms with Crippen LogP contribution in [0.3, 0.4) is 0 Å². The first-order valence-corrected chi connectivity index (χ1v) is 19.2. The Labute approximate surface area is 312 Å². The number of hydrogen-bond acceptors (Lipinski definition) is 4. The van der Waals surface area contributed by atoms with Crippen LogP contribution in [0.1, 0.15) is 85.4 Å². The van der Waals surface area contributed by atoms with E-state index < -0.39 is 0 Å². The molecule has 6 aromatic rings. The first-order valence-electron chi connectivity index (χ1n) is 18.4. The summed E-state index contributed by atoms with van der Waals surface area (Å²) < 4.78 is 12.1. The maximum absolute atomic E-state index is 6.03. The highest BCUT2D eigenvalue weighted by Crippen LogP contribution is 2.53. The Morgan fingerprint density at radius 3 is 1.60 bits per heavy atom. The summed E-state index contributed by atoms with van der Waals surface area (Å²) in [6, 6.07) is 45.1. The van der Waals surface area contributed by atoms with Crippen molar-refractivity contribution in [2.24, 2.45) is 5.41 Å². The summed E-state index contributed by atoms with van der Waals surface area (Å²) in [6.07, 6.45) is 4.11. The van der Waals surface area contributed by atoms with Crippen LogP contribution in [0.2, 0.25) is 0 Å². The summed E-state index contributed by atoms with van der Waals surface area (Å²) in [6.45, 7) is 15.2. The van der Waals surface area contributed by atoms with Crippen molar-refractivity contribution in [3.8, 4) is 22.3 Å². The molecule has 3 aliphatic rings. The smallest absolute Gasteiger partial charge is 0.193 e. The van der Waals surface area contributed by atoms with Gasteiger partial charge < -0.3 is 14.4 Å². The molecule has 5 aromatic carbocycles. The first kappa shape index (κ1) is 33.1. The minimum atomic E-state index is -0.275. The summed E-state index contributed by atoms with van der Waals surface area (Å²) in [5.41, 5.74) is 15.4. The Morgan fingerprint density at radius 1 is 0.538 bits per heavy atom. The van der Waals surface area contributed by atoms with Crippen LogP contribution in [-0.4, -0.2) is 13.2 Å². The average Bonchev–Trinajstić information content (AvgIpc) is 3.78. The van der Waals surface area contributed by atoms with Crippen LogP contribution in [0.15, 0.2) is 121 Å². The summed E-state index contributed by atoms with van der Waals surface area (Å²) in [7, 11) is 0. The van der Waals surface area contributed by atoms with Gasteiger partial charge >= 0.3 is 0 Å². The normalized spacial score (nSPS) is 17.8. The summed E-state index contributed by atoms with van der Waals surface area (Å²) in [5, 5.41) is 0. The van der Waals surface area contributed by atoms with Crippen molar-refractivity contribution in [2.45, 2.75) is 58.7 Å². The molecule has 0 saturated carbocycles. The molecule has 0 unspecified atom stereocenters. The first-order chi connectivity index (χ1) is 25.0. The van der Waals surface area contributed by atoms with Gasteiger partial charge in [-0.2, -0.15) is 0 Å². The zero-order valence-electron chi connectivity index (χ0n) is 30.9. The molecule has 1 fully saturated rings. The van der Waals surface area contributed by atoms with Gasteiger partial charge in [-0.15, -0.1) is 11.3 Å². The van der Waals surface area contributed by atoms with E-state index in [1.807, 2.05) is 0 Å². The van der Waals surface area contributed by atoms with Gasteiger partial charge in [0.25, 0.3) is 0 Å². The highest BCUT2D eigenvalue weighted by molar-refractivity contribution is 7.13. The zero-order valence-corrected chi connectivity index (χ0v) is 31.7. The van der Waals surface area contributed by atoms with Gasteiger partial charge in [0.15, 0.2) is 6.29 Å². The fourth-order valence-corrected chi connectivity index (χ4v) is 9.38. The van der Waals surface area contributed by atoms with Crippen molar-refractivity contribution in [3.63, 3.8) is 0 Å². The summed E-state index contributed by atoms with van der Waals surface area (Å²) >= 11 is 1.73. The molecule has 1 aromatic heterocycles. The van der Waals surface area contributed by atoms with Crippen molar-refractivity contribution >= 4 is 40.6 Å². The molecule has 0 spiro atoms. The molecule has 3 nitrogen and oxygen atoms in total. The van der Waals surface area contributed by atoms with E-state index in [1.54, 1.807) is 11.3 Å². The van der Waals surface area contributed by atoms with Crippen LogP contribution in [0, 0.1) is 5.41 Å². The van der Waals surface area contributed by atoms with Crippen LogP contribution >= 0.6 is 11.3 Å². The highest BCUT2D eigenvalue weighted by atomic mass is 32.1. The molecule has 52 heavy (non-hydrogen) atoms. The molecule has 0 bridgehead atoms. The van der Waals surface area contributed by atoms with Gasteiger partial charge in [-0.1, -0.05) is 120 Å². The molecular weight excluding hydrogens is 655 g/mol. The lowest BCUT2D eigenvalue weighted by Gasteiger charge is -2.34. The molecular formula is C48H45NO2S. The van der Waals surface area contributed by atoms with Crippen molar-refractivity contribution in [1.29, 1.82) is 0 Å². The number of thiophene rings is 1. The van der Waals surface area contributed by atoms with E-state index >= 15 is 0 Å². The molecule has 0 N–H and O–H groups in total. The standard InChI is InChI=1S/C48H45NO2S/c1-46(2)29-50-45(51-30-46)44-26-23-35(52-44)22-17-31-15-18-32(19-16-31)49(33-20-24-38-36-11-7-9-13-40(36)47(3,4)42(38)27-33)34-21-25-39-37-12-8-10-14-41(37)48(5,6)43(39)28-34/h7-28,45H,29-30H2,1-6H3/b22-17+. The van der Waals surface area contributed by atoms with E-state index in [1.165, 1.54) is 49.4 Å². The molecule has 2 aliphatic carbocycles. The predicted octanol–water partition coefficient (Wildman–Crippen LogP) is 13.1. The van der Waals surface area contributed by atoms with Gasteiger partial charge in [-0.05, 0) is 105 Å². The van der Waals surface area contributed by atoms with Gasteiger partial charge in [-0.25, -0.2) is 0 Å². The van der Waals surface area contributed by atoms with Crippen molar-refractivity contribution in [2.75, 3.05) is 18.1 Å². The van der Waals surface area contributed by atoms with Crippen molar-refractivity contribution in [1.82, 2.24) is 0 Å². The average molecular weight is 700 g/mol. The fourth-order valence-electron chi connectivity index (χ4n) is 8.46. The Bertz CT molecular complexity index is 2240. The molecule has 0 amide bonds. The molecule has 260 valence electrons. The van der Waals surface area contributed by atoms with E-state index in [4.69, 9.17) is 9.47 Å². The molecule has 9 rings (SSSR count). The number of benzene rings is 5. The van der Waals surface area contributed by atoms with Gasteiger partial charge in [-0.3, -0.25) is 0 Å². The Balaban J connectivity index is 1.07. The van der Waals surface area contributed by atoms with Crippen LogP contribution in [0.5, 0.6) is 0 Å². The third-order valence-corrected chi connectivity index (χ3v) is 12.4. The monoisotopic (exact) mass is 699 g/mol. The third kappa shape index (κ3) is 5.47. The second kappa shape index (κ2) is 12.2. The van der Waals surface area contributed by atoms with Crippen LogP contribution < -0.4 is 4.90 Å². The molecule has 0 radical (unpaired) electrons. The molecule has 2 heterocycles. The minimum absolute atomic E-state index is 0.0597. The summed E-state index contributed by atoms with van der Waals surface area (Å²) in [5.74, 6) is 0. The largest absolute Gasteiger partial charge is 0.347 e. The predicted molar refractivity (Wildman–Crippen MR) is 218 cm³/mol. The number of ether oxygens (including phenoxy) is 2. The maximum Gasteiger partial charge on any atom is 0.193 e. The topological polar surface area (TPSA) is 21.7 Å². The van der Waals surface area contributed by atoms with Crippen LogP contribution in [-0.2, 0) is 20.3 Å². The second-order valence-electron chi connectivity index (χ2n) is 16.4. The van der Waals surface area contributed by atoms with E-state index in [0.29, 0.717) is 13.2 Å². The van der Waals surface area contributed by atoms with Crippen LogP contribution in [0.25, 0.3) is 34.4 Å². The van der Waals surface area contributed by atoms with E-state index in [0.717, 1.165) is 27.5 Å². The SMILES string of the molecule is CC1(C)COC(c2ccc(/C=C/c3ccc(N(c4ccc5c(c4)C(C)(C)c4ccccc4-5)c4ccc5c(c4)C(C)(C)c4ccccc4-5)cc3)s2)OC1. The minimum Gasteiger partial charge on any atom is -0.347 e. The van der Waals surface area contributed by atoms with Crippen molar-refractivity contribution < 1.29 is 9.47 Å². The number of anilines is 3. The number of fused-ring (bicyclic) bond motifs is 6. The van der Waals surface area contributed by atoms with E-state index in [2.05, 4.69) is 180 Å². The summed E-state index contributed by atoms with van der Waals surface area (Å²) in [4.78, 5) is 4.73. The maximum atomic E-state index is 6.03. The molecule has 1 saturated heterocycles. The molecule has 1 aliphatic heterocycles. The highest BCUT2D eigenvalue weighted by Gasteiger charge is 2.38. The van der Waals surface area contributed by atoms with Gasteiger partial charge in [0, 0.05) is 38.2 Å². The lowest BCUT2D eigenvalue weighted by Crippen LogP contribution is -2.33. The quantitative estimate of drug-likeness (QED) is 0.173. The molecule has 4 heteroatoms. The number of nitrogens with zero attached hydrogens (tertiary/aromatic N) is 1. The van der Waals surface area contributed by atoms with E-state index in [9.17, 15) is 0 Å². The Hall–Kier alpha value is -4.74. The lowest BCUT2D eigenvalue weighted by atomic mass is 9.82. The Morgan fingerprint density at radius 2 is 1.04 bits per heavy atom. The Kier molecular flexibility index (Phi) is 7.75. The van der Waals surface area contributed by atoms with Crippen LogP contribution in [0.4, 0.5) is 17.1 Å². The second-order valence-corrected chi connectivity index (χ2v) is 17.6.